The highest BCUT2D eigenvalue weighted by atomic mass is 28.1. The van der Waals surface area contributed by atoms with Crippen LogP contribution >= 0.6 is 0 Å². The van der Waals surface area contributed by atoms with Crippen molar-refractivity contribution >= 4 is 10.2 Å². The van der Waals surface area contributed by atoms with E-state index >= 15 is 0 Å². The fraction of sp³-hybridized carbons (Fsp3) is 1.00. The number of rotatable bonds is 13. The molecule has 2 nitrogen and oxygen atoms in total. The highest BCUT2D eigenvalue weighted by molar-refractivity contribution is 6.08. The molecule has 0 saturated heterocycles. The van der Waals surface area contributed by atoms with E-state index < -0.39 is 0 Å². The Morgan fingerprint density at radius 1 is 0.722 bits per heavy atom. The van der Waals surface area contributed by atoms with Crippen LogP contribution in [0.4, 0.5) is 0 Å². The van der Waals surface area contributed by atoms with Gasteiger partial charge in [0.05, 0.1) is 27.7 Å². The number of hydrogen-bond acceptors (Lipinski definition) is 1. The Labute approximate surface area is 119 Å². The molecule has 0 fully saturated rings. The van der Waals surface area contributed by atoms with Gasteiger partial charge in [0.1, 0.15) is 0 Å². The minimum atomic E-state index is 1.06. The fourth-order valence-electron chi connectivity index (χ4n) is 2.10. The first kappa shape index (κ1) is 18.1. The summed E-state index contributed by atoms with van der Waals surface area (Å²) in [5.41, 5.74) is 0. The molecule has 18 heavy (non-hydrogen) atoms. The largest absolute Gasteiger partial charge is 0.330 e. The van der Waals surface area contributed by atoms with Crippen molar-refractivity contribution in [2.45, 2.75) is 57.4 Å². The summed E-state index contributed by atoms with van der Waals surface area (Å²) in [6, 6.07) is 1.50. The second-order valence-electron chi connectivity index (χ2n) is 6.59. The van der Waals surface area contributed by atoms with Crippen molar-refractivity contribution < 1.29 is 4.48 Å². The van der Waals surface area contributed by atoms with Gasteiger partial charge in [-0.15, -0.1) is 0 Å². The number of nitrogens with one attached hydrogen (secondary N) is 1. The maximum atomic E-state index is 3.55. The maximum Gasteiger partial charge on any atom is 0.0907 e. The third-order valence-corrected chi connectivity index (χ3v) is 4.12. The SMILES string of the molecule is C[N+](C)(C)CCNCCCCCCCCCC[SiH3]. The van der Waals surface area contributed by atoms with E-state index in [1.54, 1.807) is 0 Å². The van der Waals surface area contributed by atoms with Crippen LogP contribution in [0.3, 0.4) is 0 Å². The predicted molar refractivity (Wildman–Crippen MR) is 87.5 cm³/mol. The molecule has 0 bridgehead atoms. The van der Waals surface area contributed by atoms with Gasteiger partial charge in [-0.2, -0.15) is 0 Å². The molecule has 0 aliphatic rings. The van der Waals surface area contributed by atoms with E-state index in [1.165, 1.54) is 80.7 Å². The number of quaternary nitrogens is 1. The quantitative estimate of drug-likeness (QED) is 0.308. The maximum absolute atomic E-state index is 3.55. The van der Waals surface area contributed by atoms with Gasteiger partial charge in [-0.1, -0.05) is 51.0 Å². The van der Waals surface area contributed by atoms with Gasteiger partial charge in [0.15, 0.2) is 0 Å². The Kier molecular flexibility index (Phi) is 12.3. The smallest absolute Gasteiger partial charge is 0.0907 e. The Morgan fingerprint density at radius 3 is 1.72 bits per heavy atom. The molecule has 3 heteroatoms. The van der Waals surface area contributed by atoms with Crippen molar-refractivity contribution in [2.24, 2.45) is 0 Å². The molecule has 0 aromatic carbocycles. The Balaban J connectivity index is 2.99. The van der Waals surface area contributed by atoms with Gasteiger partial charge in [0.25, 0.3) is 0 Å². The molecule has 0 radical (unpaired) electrons. The predicted octanol–water partition coefficient (Wildman–Crippen LogP) is 2.19. The highest BCUT2D eigenvalue weighted by Crippen LogP contribution is 2.08. The molecule has 0 spiro atoms. The number of hydrogen-bond donors (Lipinski definition) is 1. The molecule has 0 unspecified atom stereocenters. The van der Waals surface area contributed by atoms with Crippen molar-refractivity contribution in [3.63, 3.8) is 0 Å². The van der Waals surface area contributed by atoms with Crippen molar-refractivity contribution in [1.29, 1.82) is 0 Å². The lowest BCUT2D eigenvalue weighted by Gasteiger charge is -2.23. The minimum Gasteiger partial charge on any atom is -0.330 e. The molecule has 0 rings (SSSR count). The number of nitrogens with zero attached hydrogens (tertiary/aromatic N) is 1. The Morgan fingerprint density at radius 2 is 1.22 bits per heavy atom. The molecular weight excluding hydrogens is 236 g/mol. The van der Waals surface area contributed by atoms with Crippen LogP contribution in [0.15, 0.2) is 0 Å². The normalized spacial score (nSPS) is 12.2. The molecule has 0 aromatic rings. The topological polar surface area (TPSA) is 12.0 Å². The van der Waals surface area contributed by atoms with E-state index in [0.717, 1.165) is 11.0 Å². The van der Waals surface area contributed by atoms with Crippen LogP contribution in [0.5, 0.6) is 0 Å². The van der Waals surface area contributed by atoms with E-state index in [9.17, 15) is 0 Å². The van der Waals surface area contributed by atoms with Crippen molar-refractivity contribution in [3.05, 3.63) is 0 Å². The molecule has 0 heterocycles. The average Bonchev–Trinajstić information content (AvgIpc) is 2.29. The lowest BCUT2D eigenvalue weighted by atomic mass is 10.1. The van der Waals surface area contributed by atoms with Crippen molar-refractivity contribution in [1.82, 2.24) is 5.32 Å². The zero-order valence-corrected chi connectivity index (χ0v) is 15.4. The summed E-state index contributed by atoms with van der Waals surface area (Å²) in [5, 5.41) is 3.55. The third kappa shape index (κ3) is 16.1. The number of likely N-dealkylation sites (N-methyl/N-ethyl adjacent to an activating group) is 1. The molecule has 0 aliphatic heterocycles. The summed E-state index contributed by atoms with van der Waals surface area (Å²) in [6.07, 6.45) is 11.6. The van der Waals surface area contributed by atoms with E-state index in [0.29, 0.717) is 0 Å². The molecule has 0 amide bonds. The lowest BCUT2D eigenvalue weighted by molar-refractivity contribution is -0.869. The summed E-state index contributed by atoms with van der Waals surface area (Å²) >= 11 is 0. The molecule has 0 aromatic heterocycles. The van der Waals surface area contributed by atoms with Gasteiger partial charge in [0, 0.05) is 16.8 Å². The first-order valence-corrected chi connectivity index (χ1v) is 9.49. The van der Waals surface area contributed by atoms with Crippen LogP contribution in [0.25, 0.3) is 0 Å². The van der Waals surface area contributed by atoms with Crippen LogP contribution in [-0.2, 0) is 0 Å². The molecular formula is C15H37N2Si+. The molecule has 0 saturated carbocycles. The minimum absolute atomic E-state index is 1.06. The van der Waals surface area contributed by atoms with Gasteiger partial charge in [-0.05, 0) is 13.0 Å². The van der Waals surface area contributed by atoms with Crippen LogP contribution in [-0.4, -0.2) is 55.5 Å². The summed E-state index contributed by atoms with van der Waals surface area (Å²) in [5.74, 6) is 0. The zero-order valence-electron chi connectivity index (χ0n) is 13.4. The second kappa shape index (κ2) is 12.2. The van der Waals surface area contributed by atoms with Gasteiger partial charge in [-0.3, -0.25) is 0 Å². The van der Waals surface area contributed by atoms with Gasteiger partial charge in [0.2, 0.25) is 0 Å². The first-order valence-electron chi connectivity index (χ1n) is 8.07. The Bertz CT molecular complexity index is 166. The third-order valence-electron chi connectivity index (χ3n) is 3.42. The monoisotopic (exact) mass is 273 g/mol. The van der Waals surface area contributed by atoms with E-state index in [2.05, 4.69) is 26.5 Å². The van der Waals surface area contributed by atoms with Crippen molar-refractivity contribution in [2.75, 3.05) is 40.8 Å². The second-order valence-corrected chi connectivity index (χ2v) is 7.59. The van der Waals surface area contributed by atoms with Crippen LogP contribution < -0.4 is 5.32 Å². The summed E-state index contributed by atoms with van der Waals surface area (Å²) < 4.78 is 1.06. The molecule has 0 atom stereocenters. The standard InChI is InChI=1S/C15H37N2Si/c1-17(2,3)14-13-16-12-10-8-6-4-5-7-9-11-15-18/h16H,4-15H2,1-3,18H3/q+1. The van der Waals surface area contributed by atoms with Gasteiger partial charge < -0.3 is 9.80 Å². The molecule has 110 valence electrons. The molecule has 1 N–H and O–H groups in total. The van der Waals surface area contributed by atoms with Gasteiger partial charge in [-0.25, -0.2) is 0 Å². The molecule has 0 aliphatic carbocycles. The van der Waals surface area contributed by atoms with Gasteiger partial charge >= 0.3 is 0 Å². The van der Waals surface area contributed by atoms with Crippen LogP contribution in [0.1, 0.15) is 51.4 Å². The highest BCUT2D eigenvalue weighted by Gasteiger charge is 2.04. The first-order chi connectivity index (χ1) is 8.56. The summed E-state index contributed by atoms with van der Waals surface area (Å²) in [6.45, 7) is 3.59. The Hall–Kier alpha value is 0.137. The van der Waals surface area contributed by atoms with E-state index in [-0.39, 0.29) is 0 Å². The van der Waals surface area contributed by atoms with Crippen molar-refractivity contribution in [3.8, 4) is 0 Å². The fourth-order valence-corrected chi connectivity index (χ4v) is 2.60. The average molecular weight is 274 g/mol. The summed E-state index contributed by atoms with van der Waals surface area (Å²) in [7, 11) is 8.16. The summed E-state index contributed by atoms with van der Waals surface area (Å²) in [4.78, 5) is 0. The van der Waals surface area contributed by atoms with Crippen LogP contribution in [0.2, 0.25) is 6.04 Å². The van der Waals surface area contributed by atoms with E-state index in [4.69, 9.17) is 0 Å². The lowest BCUT2D eigenvalue weighted by Crippen LogP contribution is -2.40. The number of unbranched alkanes of at least 4 members (excludes halogenated alkanes) is 7. The zero-order chi connectivity index (χ0) is 13.7. The van der Waals surface area contributed by atoms with E-state index in [1.807, 2.05) is 0 Å². The van der Waals surface area contributed by atoms with Crippen LogP contribution in [0, 0.1) is 0 Å².